The first-order valence-electron chi connectivity index (χ1n) is 10.5. The maximum Gasteiger partial charge on any atom is 0.162 e. The second kappa shape index (κ2) is 5.72. The van der Waals surface area contributed by atoms with Gasteiger partial charge in [-0.3, -0.25) is 4.57 Å². The van der Waals surface area contributed by atoms with Crippen LogP contribution in [0.2, 0.25) is 0 Å². The monoisotopic (exact) mass is 401 g/mol. The number of aromatic nitrogens is 4. The molecule has 0 saturated heterocycles. The van der Waals surface area contributed by atoms with E-state index in [-0.39, 0.29) is 5.82 Å². The third-order valence-electron chi connectivity index (χ3n) is 6.54. The summed E-state index contributed by atoms with van der Waals surface area (Å²) >= 11 is 0. The predicted octanol–water partition coefficient (Wildman–Crippen LogP) is 5.64. The molecule has 1 aliphatic carbocycles. The van der Waals surface area contributed by atoms with Crippen LogP contribution < -0.4 is 5.32 Å². The van der Waals surface area contributed by atoms with Crippen molar-refractivity contribution in [1.29, 1.82) is 0 Å². The molecule has 0 spiro atoms. The van der Waals surface area contributed by atoms with E-state index in [1.165, 1.54) is 18.4 Å². The summed E-state index contributed by atoms with van der Waals surface area (Å²) in [5, 5.41) is 13.2. The summed E-state index contributed by atoms with van der Waals surface area (Å²) in [5.41, 5.74) is 5.01. The molecule has 0 unspecified atom stereocenters. The Morgan fingerprint density at radius 2 is 1.90 bits per heavy atom. The van der Waals surface area contributed by atoms with E-state index in [0.29, 0.717) is 11.7 Å². The molecule has 0 atom stereocenters. The van der Waals surface area contributed by atoms with Crippen molar-refractivity contribution in [2.75, 3.05) is 5.32 Å². The first kappa shape index (κ1) is 17.7. The number of benzene rings is 2. The zero-order chi connectivity index (χ0) is 20.8. The molecule has 0 radical (unpaired) electrons. The van der Waals surface area contributed by atoms with Crippen molar-refractivity contribution in [1.82, 2.24) is 19.3 Å². The van der Waals surface area contributed by atoms with Crippen LogP contribution in [0.3, 0.4) is 0 Å². The van der Waals surface area contributed by atoms with Crippen molar-refractivity contribution in [2.24, 2.45) is 0 Å². The number of hydrogen-bond donors (Lipinski definition) is 1. The Morgan fingerprint density at radius 3 is 2.67 bits per heavy atom. The number of anilines is 1. The lowest BCUT2D eigenvalue weighted by molar-refractivity contribution is 0.521. The summed E-state index contributed by atoms with van der Waals surface area (Å²) in [6.07, 6.45) is 4.64. The van der Waals surface area contributed by atoms with Crippen molar-refractivity contribution < 1.29 is 4.39 Å². The molecule has 6 heteroatoms. The summed E-state index contributed by atoms with van der Waals surface area (Å²) in [5.74, 6) is 1.31. The van der Waals surface area contributed by atoms with Crippen LogP contribution in [-0.4, -0.2) is 19.3 Å². The van der Waals surface area contributed by atoms with Crippen LogP contribution >= 0.6 is 0 Å². The van der Waals surface area contributed by atoms with Crippen LogP contribution in [0, 0.1) is 19.7 Å². The molecule has 3 heterocycles. The van der Waals surface area contributed by atoms with Gasteiger partial charge in [0.15, 0.2) is 5.82 Å². The SMILES string of the molecule is Cc1c(-c2cccc3c2ccn3C2CC2)cc(F)c2c1-n1c(C)nnc1C(C)(C)N2. The van der Waals surface area contributed by atoms with Gasteiger partial charge in [0.2, 0.25) is 0 Å². The fourth-order valence-corrected chi connectivity index (χ4v) is 4.91. The van der Waals surface area contributed by atoms with Gasteiger partial charge in [-0.1, -0.05) is 12.1 Å². The zero-order valence-corrected chi connectivity index (χ0v) is 17.6. The molecular weight excluding hydrogens is 377 g/mol. The largest absolute Gasteiger partial charge is 0.369 e. The molecule has 2 aromatic carbocycles. The Labute approximate surface area is 174 Å². The normalized spacial score (nSPS) is 17.0. The summed E-state index contributed by atoms with van der Waals surface area (Å²) < 4.78 is 19.9. The lowest BCUT2D eigenvalue weighted by Gasteiger charge is -2.35. The van der Waals surface area contributed by atoms with E-state index < -0.39 is 5.54 Å². The molecule has 5 nitrogen and oxygen atoms in total. The summed E-state index contributed by atoms with van der Waals surface area (Å²) in [6, 6.07) is 10.8. The van der Waals surface area contributed by atoms with Gasteiger partial charge in [-0.25, -0.2) is 4.39 Å². The lowest BCUT2D eigenvalue weighted by Crippen LogP contribution is -2.37. The number of nitrogens with one attached hydrogen (secondary N) is 1. The van der Waals surface area contributed by atoms with E-state index in [0.717, 1.165) is 39.4 Å². The first-order valence-corrected chi connectivity index (χ1v) is 10.5. The minimum Gasteiger partial charge on any atom is -0.369 e. The average molecular weight is 401 g/mol. The van der Waals surface area contributed by atoms with Gasteiger partial charge in [0, 0.05) is 23.1 Å². The summed E-state index contributed by atoms with van der Waals surface area (Å²) in [6.45, 7) is 7.98. The molecule has 0 bridgehead atoms. The number of hydrogen-bond acceptors (Lipinski definition) is 3. The van der Waals surface area contributed by atoms with E-state index in [9.17, 15) is 0 Å². The van der Waals surface area contributed by atoms with Crippen molar-refractivity contribution in [2.45, 2.75) is 52.1 Å². The Morgan fingerprint density at radius 1 is 1.10 bits per heavy atom. The molecular formula is C24H24FN5. The molecule has 1 fully saturated rings. The standard InChI is InChI=1S/C24H24FN5/c1-13-18(16-6-5-7-20-17(16)10-11-29(20)15-8-9-15)12-19(25)21-22(13)30-14(2)27-28-23(30)24(3,4)26-21/h5-7,10-12,15,26H,8-9H2,1-4H3. The lowest BCUT2D eigenvalue weighted by atomic mass is 9.92. The van der Waals surface area contributed by atoms with Crippen LogP contribution in [0.4, 0.5) is 10.1 Å². The van der Waals surface area contributed by atoms with Crippen molar-refractivity contribution in [3.05, 3.63) is 59.6 Å². The Kier molecular flexibility index (Phi) is 3.37. The van der Waals surface area contributed by atoms with Crippen LogP contribution in [0.15, 0.2) is 36.5 Å². The molecule has 4 aromatic rings. The number of nitrogens with zero attached hydrogens (tertiary/aromatic N) is 4. The third kappa shape index (κ3) is 2.27. The van der Waals surface area contributed by atoms with Gasteiger partial charge in [-0.2, -0.15) is 0 Å². The van der Waals surface area contributed by atoms with E-state index in [4.69, 9.17) is 0 Å². The molecule has 6 rings (SSSR count). The van der Waals surface area contributed by atoms with Gasteiger partial charge in [0.1, 0.15) is 11.6 Å². The van der Waals surface area contributed by atoms with Gasteiger partial charge < -0.3 is 9.88 Å². The van der Waals surface area contributed by atoms with Gasteiger partial charge in [-0.05, 0) is 75.4 Å². The van der Waals surface area contributed by atoms with E-state index >= 15 is 4.39 Å². The van der Waals surface area contributed by atoms with Gasteiger partial charge >= 0.3 is 0 Å². The molecule has 1 saturated carbocycles. The van der Waals surface area contributed by atoms with Gasteiger partial charge in [-0.15, -0.1) is 10.2 Å². The first-order chi connectivity index (χ1) is 14.4. The zero-order valence-electron chi connectivity index (χ0n) is 17.6. The quantitative estimate of drug-likeness (QED) is 0.473. The van der Waals surface area contributed by atoms with Gasteiger partial charge in [0.25, 0.3) is 0 Å². The van der Waals surface area contributed by atoms with Crippen molar-refractivity contribution in [3.63, 3.8) is 0 Å². The maximum absolute atomic E-state index is 15.5. The Hall–Kier alpha value is -3.15. The van der Waals surface area contributed by atoms with Crippen molar-refractivity contribution in [3.8, 4) is 16.8 Å². The Bertz CT molecular complexity index is 1340. The smallest absolute Gasteiger partial charge is 0.162 e. The molecule has 30 heavy (non-hydrogen) atoms. The molecule has 1 aliphatic heterocycles. The van der Waals surface area contributed by atoms with E-state index in [1.54, 1.807) is 6.07 Å². The summed E-state index contributed by atoms with van der Waals surface area (Å²) in [4.78, 5) is 0. The number of fused-ring (bicyclic) bond motifs is 4. The van der Waals surface area contributed by atoms with Crippen LogP contribution in [0.5, 0.6) is 0 Å². The molecule has 2 aliphatic rings. The summed E-state index contributed by atoms with van der Waals surface area (Å²) in [7, 11) is 0. The third-order valence-corrected chi connectivity index (χ3v) is 6.54. The highest BCUT2D eigenvalue weighted by Crippen LogP contribution is 2.45. The average Bonchev–Trinajstić information content (AvgIpc) is 3.33. The highest BCUT2D eigenvalue weighted by atomic mass is 19.1. The van der Waals surface area contributed by atoms with Crippen molar-refractivity contribution >= 4 is 16.6 Å². The van der Waals surface area contributed by atoms with Crippen LogP contribution in [-0.2, 0) is 5.54 Å². The number of aryl methyl sites for hydroxylation is 1. The fraction of sp³-hybridized carbons (Fsp3) is 0.333. The molecule has 2 aromatic heterocycles. The predicted molar refractivity (Wildman–Crippen MR) is 117 cm³/mol. The van der Waals surface area contributed by atoms with Gasteiger partial charge in [0.05, 0.1) is 16.9 Å². The highest BCUT2D eigenvalue weighted by molar-refractivity contribution is 5.97. The fourth-order valence-electron chi connectivity index (χ4n) is 4.91. The Balaban J connectivity index is 1.64. The highest BCUT2D eigenvalue weighted by Gasteiger charge is 2.37. The maximum atomic E-state index is 15.5. The molecule has 152 valence electrons. The second-order valence-corrected chi connectivity index (χ2v) is 9.10. The van der Waals surface area contributed by atoms with Crippen LogP contribution in [0.1, 0.15) is 49.9 Å². The molecule has 1 N–H and O–H groups in total. The molecule has 0 amide bonds. The van der Waals surface area contributed by atoms with Crippen LogP contribution in [0.25, 0.3) is 27.7 Å². The minimum absolute atomic E-state index is 0.254. The van der Waals surface area contributed by atoms with E-state index in [1.807, 2.05) is 25.3 Å². The topological polar surface area (TPSA) is 47.7 Å². The minimum atomic E-state index is -0.509. The number of rotatable bonds is 2. The number of halogens is 1. The second-order valence-electron chi connectivity index (χ2n) is 9.10. The van der Waals surface area contributed by atoms with E-state index in [2.05, 4.69) is 57.5 Å².